The molecule has 0 aromatic rings. The molecule has 0 saturated carbocycles. The minimum atomic E-state index is -0.293. The standard InChI is InChI=1S/C16H28N2O3/c1-4-10-21-11-6-9-18-14(12(2)3)16(20)17-8-5-7-13(17)15(18)19/h12-14H,4-11H2,1-3H3. The van der Waals surface area contributed by atoms with Crippen molar-refractivity contribution in [3.63, 3.8) is 0 Å². The van der Waals surface area contributed by atoms with Gasteiger partial charge in [-0.1, -0.05) is 20.8 Å². The Bertz CT molecular complexity index is 384. The number of carbonyl (C=O) groups is 2. The van der Waals surface area contributed by atoms with Crippen LogP contribution >= 0.6 is 0 Å². The predicted molar refractivity (Wildman–Crippen MR) is 80.8 cm³/mol. The Kier molecular flexibility index (Phi) is 5.62. The van der Waals surface area contributed by atoms with Gasteiger partial charge in [0.25, 0.3) is 0 Å². The molecule has 2 saturated heterocycles. The molecule has 2 unspecified atom stereocenters. The van der Waals surface area contributed by atoms with E-state index >= 15 is 0 Å². The summed E-state index contributed by atoms with van der Waals surface area (Å²) >= 11 is 0. The quantitative estimate of drug-likeness (QED) is 0.671. The van der Waals surface area contributed by atoms with Gasteiger partial charge in [0.1, 0.15) is 12.1 Å². The van der Waals surface area contributed by atoms with Crippen molar-refractivity contribution in [1.29, 1.82) is 0 Å². The molecule has 0 aromatic carbocycles. The molecule has 0 radical (unpaired) electrons. The molecular weight excluding hydrogens is 268 g/mol. The summed E-state index contributed by atoms with van der Waals surface area (Å²) in [6.07, 6.45) is 3.57. The highest BCUT2D eigenvalue weighted by molar-refractivity contribution is 5.97. The average Bonchev–Trinajstić information content (AvgIpc) is 2.93. The molecule has 0 bridgehead atoms. The number of piperazine rings is 1. The molecule has 2 atom stereocenters. The summed E-state index contributed by atoms with van der Waals surface area (Å²) < 4.78 is 5.48. The molecule has 21 heavy (non-hydrogen) atoms. The van der Waals surface area contributed by atoms with Crippen molar-refractivity contribution < 1.29 is 14.3 Å². The maximum absolute atomic E-state index is 12.7. The molecular formula is C16H28N2O3. The van der Waals surface area contributed by atoms with E-state index in [1.54, 1.807) is 4.90 Å². The van der Waals surface area contributed by atoms with Crippen LogP contribution in [-0.4, -0.2) is 60.0 Å². The number of ether oxygens (including phenoxy) is 1. The first-order chi connectivity index (χ1) is 10.1. The fraction of sp³-hybridized carbons (Fsp3) is 0.875. The van der Waals surface area contributed by atoms with E-state index in [1.165, 1.54) is 0 Å². The lowest BCUT2D eigenvalue weighted by Crippen LogP contribution is -2.64. The van der Waals surface area contributed by atoms with E-state index in [4.69, 9.17) is 4.74 Å². The molecule has 2 rings (SSSR count). The summed E-state index contributed by atoms with van der Waals surface area (Å²) in [5.74, 6) is 0.433. The zero-order valence-electron chi connectivity index (χ0n) is 13.5. The Morgan fingerprint density at radius 3 is 2.67 bits per heavy atom. The van der Waals surface area contributed by atoms with Crippen LogP contribution in [0, 0.1) is 5.92 Å². The minimum absolute atomic E-state index is 0.140. The van der Waals surface area contributed by atoms with Gasteiger partial charge in [0.15, 0.2) is 0 Å². The first-order valence-corrected chi connectivity index (χ1v) is 8.26. The van der Waals surface area contributed by atoms with Crippen LogP contribution in [-0.2, 0) is 14.3 Å². The maximum Gasteiger partial charge on any atom is 0.246 e. The van der Waals surface area contributed by atoms with Crippen molar-refractivity contribution in [3.8, 4) is 0 Å². The number of amides is 2. The van der Waals surface area contributed by atoms with E-state index in [0.29, 0.717) is 13.2 Å². The van der Waals surface area contributed by atoms with Crippen LogP contribution in [0.25, 0.3) is 0 Å². The summed E-state index contributed by atoms with van der Waals surface area (Å²) in [7, 11) is 0. The third-order valence-corrected chi connectivity index (χ3v) is 4.36. The number of carbonyl (C=O) groups excluding carboxylic acids is 2. The van der Waals surface area contributed by atoms with Crippen molar-refractivity contribution in [2.24, 2.45) is 5.92 Å². The van der Waals surface area contributed by atoms with Gasteiger partial charge < -0.3 is 14.5 Å². The van der Waals surface area contributed by atoms with Gasteiger partial charge in [0.2, 0.25) is 11.8 Å². The van der Waals surface area contributed by atoms with Crippen LogP contribution in [0.5, 0.6) is 0 Å². The Hall–Kier alpha value is -1.10. The van der Waals surface area contributed by atoms with Gasteiger partial charge in [-0.05, 0) is 31.6 Å². The lowest BCUT2D eigenvalue weighted by atomic mass is 9.95. The normalized spacial score (nSPS) is 25.9. The Morgan fingerprint density at radius 2 is 2.00 bits per heavy atom. The fourth-order valence-corrected chi connectivity index (χ4v) is 3.40. The highest BCUT2D eigenvalue weighted by atomic mass is 16.5. The topological polar surface area (TPSA) is 49.9 Å². The predicted octanol–water partition coefficient (Wildman–Crippen LogP) is 1.66. The molecule has 0 aliphatic carbocycles. The molecule has 2 amide bonds. The van der Waals surface area contributed by atoms with Crippen LogP contribution < -0.4 is 0 Å². The lowest BCUT2D eigenvalue weighted by molar-refractivity contribution is -0.161. The van der Waals surface area contributed by atoms with Crippen molar-refractivity contribution in [1.82, 2.24) is 9.80 Å². The monoisotopic (exact) mass is 296 g/mol. The molecule has 5 nitrogen and oxygen atoms in total. The molecule has 2 fully saturated rings. The van der Waals surface area contributed by atoms with E-state index in [9.17, 15) is 9.59 Å². The second kappa shape index (κ2) is 7.25. The summed E-state index contributed by atoms with van der Waals surface area (Å²) in [6.45, 7) is 8.91. The van der Waals surface area contributed by atoms with Crippen LogP contribution in [0.3, 0.4) is 0 Å². The highest BCUT2D eigenvalue weighted by Gasteiger charge is 2.48. The van der Waals surface area contributed by atoms with E-state index in [-0.39, 0.29) is 29.8 Å². The largest absolute Gasteiger partial charge is 0.381 e. The van der Waals surface area contributed by atoms with E-state index in [0.717, 1.165) is 38.8 Å². The molecule has 0 spiro atoms. The summed E-state index contributed by atoms with van der Waals surface area (Å²) in [4.78, 5) is 28.9. The molecule has 5 heteroatoms. The minimum Gasteiger partial charge on any atom is -0.381 e. The zero-order chi connectivity index (χ0) is 15.4. The van der Waals surface area contributed by atoms with Gasteiger partial charge in [0.05, 0.1) is 0 Å². The summed E-state index contributed by atoms with van der Waals surface area (Å²) in [5.41, 5.74) is 0. The zero-order valence-corrected chi connectivity index (χ0v) is 13.5. The van der Waals surface area contributed by atoms with Crippen LogP contribution in [0.15, 0.2) is 0 Å². The molecule has 2 aliphatic heterocycles. The van der Waals surface area contributed by atoms with Crippen LogP contribution in [0.2, 0.25) is 0 Å². The van der Waals surface area contributed by atoms with Crippen molar-refractivity contribution >= 4 is 11.8 Å². The summed E-state index contributed by atoms with van der Waals surface area (Å²) in [5, 5.41) is 0. The number of rotatable bonds is 7. The Balaban J connectivity index is 2.01. The Labute approximate surface area is 127 Å². The molecule has 2 aliphatic rings. The SMILES string of the molecule is CCCOCCCN1C(=O)C2CCCN2C(=O)C1C(C)C. The molecule has 0 N–H and O–H groups in total. The van der Waals surface area contributed by atoms with Crippen LogP contribution in [0.1, 0.15) is 46.5 Å². The first-order valence-electron chi connectivity index (χ1n) is 8.26. The average molecular weight is 296 g/mol. The van der Waals surface area contributed by atoms with Gasteiger partial charge in [-0.25, -0.2) is 0 Å². The van der Waals surface area contributed by atoms with E-state index in [2.05, 4.69) is 6.92 Å². The van der Waals surface area contributed by atoms with Gasteiger partial charge in [-0.2, -0.15) is 0 Å². The second-order valence-corrected chi connectivity index (χ2v) is 6.38. The number of nitrogens with zero attached hydrogens (tertiary/aromatic N) is 2. The first kappa shape index (κ1) is 16.3. The number of hydrogen-bond acceptors (Lipinski definition) is 3. The highest BCUT2D eigenvalue weighted by Crippen LogP contribution is 2.29. The maximum atomic E-state index is 12.7. The molecule has 120 valence electrons. The van der Waals surface area contributed by atoms with Gasteiger partial charge in [-0.15, -0.1) is 0 Å². The van der Waals surface area contributed by atoms with Crippen molar-refractivity contribution in [2.45, 2.75) is 58.5 Å². The fourth-order valence-electron chi connectivity index (χ4n) is 3.40. The molecule has 0 aromatic heterocycles. The number of hydrogen-bond donors (Lipinski definition) is 0. The van der Waals surface area contributed by atoms with Crippen LogP contribution in [0.4, 0.5) is 0 Å². The summed E-state index contributed by atoms with van der Waals surface area (Å²) in [6, 6.07) is -0.498. The smallest absolute Gasteiger partial charge is 0.246 e. The second-order valence-electron chi connectivity index (χ2n) is 6.38. The van der Waals surface area contributed by atoms with Crippen molar-refractivity contribution in [3.05, 3.63) is 0 Å². The van der Waals surface area contributed by atoms with Gasteiger partial charge in [0, 0.05) is 26.3 Å². The van der Waals surface area contributed by atoms with Crippen molar-refractivity contribution in [2.75, 3.05) is 26.3 Å². The van der Waals surface area contributed by atoms with E-state index < -0.39 is 0 Å². The number of fused-ring (bicyclic) bond motifs is 1. The van der Waals surface area contributed by atoms with Gasteiger partial charge in [-0.3, -0.25) is 9.59 Å². The van der Waals surface area contributed by atoms with E-state index in [1.807, 2.05) is 18.7 Å². The third kappa shape index (κ3) is 3.39. The third-order valence-electron chi connectivity index (χ3n) is 4.36. The Morgan fingerprint density at radius 1 is 1.24 bits per heavy atom. The molecule has 2 heterocycles. The van der Waals surface area contributed by atoms with Gasteiger partial charge >= 0.3 is 0 Å². The lowest BCUT2D eigenvalue weighted by Gasteiger charge is -2.44.